The van der Waals surface area contributed by atoms with Crippen LogP contribution in [0.5, 0.6) is 23.0 Å². The first-order chi connectivity index (χ1) is 20.2. The molecule has 0 aromatic heterocycles. The molecule has 0 saturated heterocycles. The van der Waals surface area contributed by atoms with Gasteiger partial charge in [0.25, 0.3) is 15.9 Å². The molecule has 4 aromatic rings. The summed E-state index contributed by atoms with van der Waals surface area (Å²) in [6.45, 7) is -0.942. The lowest BCUT2D eigenvalue weighted by atomic mass is 10.1. The number of aliphatic hydroxyl groups excluding tert-OH is 2. The highest BCUT2D eigenvalue weighted by Crippen LogP contribution is 2.42. The fourth-order valence-electron chi connectivity index (χ4n) is 3.73. The van der Waals surface area contributed by atoms with Crippen LogP contribution in [0.15, 0.2) is 101 Å². The summed E-state index contributed by atoms with van der Waals surface area (Å²) in [7, 11) is -2.67. The van der Waals surface area contributed by atoms with Crippen molar-refractivity contribution in [3.05, 3.63) is 96.6 Å². The second kappa shape index (κ2) is 14.1. The zero-order chi connectivity index (χ0) is 30.1. The summed E-state index contributed by atoms with van der Waals surface area (Å²) in [6.07, 6.45) is 0.636. The molecule has 0 aliphatic rings. The minimum absolute atomic E-state index is 0.00931. The zero-order valence-corrected chi connectivity index (χ0v) is 24.4. The lowest BCUT2D eigenvalue weighted by Crippen LogP contribution is -2.22. The Labute approximate surface area is 248 Å². The number of hydrogen-bond acceptors (Lipinski definition) is 9. The number of amides is 1. The summed E-state index contributed by atoms with van der Waals surface area (Å²) < 4.78 is 46.7. The van der Waals surface area contributed by atoms with Crippen LogP contribution in [-0.2, 0) is 10.0 Å². The molecule has 1 amide bonds. The number of hydrogen-bond donors (Lipinski definition) is 4. The van der Waals surface area contributed by atoms with Crippen molar-refractivity contribution >= 4 is 39.1 Å². The number of carbonyl (C=O) groups excluding carboxylic acids is 1. The van der Waals surface area contributed by atoms with E-state index in [4.69, 9.17) is 14.2 Å². The third-order valence-electron chi connectivity index (χ3n) is 5.87. The fraction of sp³-hybridized carbons (Fsp3) is 0.167. The van der Waals surface area contributed by atoms with E-state index in [2.05, 4.69) is 10.0 Å². The third kappa shape index (κ3) is 7.95. The average Bonchev–Trinajstić information content (AvgIpc) is 3.01. The van der Waals surface area contributed by atoms with Gasteiger partial charge in [0.05, 0.1) is 24.3 Å². The first kappa shape index (κ1) is 30.7. The number of carbonyl (C=O) groups is 1. The largest absolute Gasteiger partial charge is 0.497 e. The SMILES string of the molecule is COc1cccc(Oc2c(NS(=O)(=O)c3ccc(SC)cc3)cc(C(=O)Nc3ccccc3)cc2OCC(O)CO)c1. The molecule has 0 bridgehead atoms. The van der Waals surface area contributed by atoms with Crippen LogP contribution in [0.3, 0.4) is 0 Å². The number of rotatable bonds is 13. The van der Waals surface area contributed by atoms with E-state index < -0.39 is 28.6 Å². The predicted octanol–water partition coefficient (Wildman–Crippen LogP) is 4.99. The molecule has 0 fully saturated rings. The van der Waals surface area contributed by atoms with Crippen LogP contribution in [0.4, 0.5) is 11.4 Å². The van der Waals surface area contributed by atoms with Crippen molar-refractivity contribution in [2.24, 2.45) is 0 Å². The Kier molecular flexibility index (Phi) is 10.3. The lowest BCUT2D eigenvalue weighted by Gasteiger charge is -2.20. The summed E-state index contributed by atoms with van der Waals surface area (Å²) in [4.78, 5) is 14.2. The standard InChI is InChI=1S/C30H30N2O8S2/c1-38-23-9-6-10-24(17-23)40-29-27(32-42(36,37)26-13-11-25(41-2)12-14-26)15-20(16-28(29)39-19-22(34)18-33)30(35)31-21-7-4-3-5-8-21/h3-17,22,32-34H,18-19H2,1-2H3,(H,31,35). The highest BCUT2D eigenvalue weighted by molar-refractivity contribution is 7.98. The Morgan fingerprint density at radius 2 is 1.67 bits per heavy atom. The number of para-hydroxylation sites is 1. The first-order valence-electron chi connectivity index (χ1n) is 12.7. The van der Waals surface area contributed by atoms with Gasteiger partial charge in [-0.15, -0.1) is 11.8 Å². The number of methoxy groups -OCH3 is 1. The van der Waals surface area contributed by atoms with E-state index in [-0.39, 0.29) is 40.0 Å². The lowest BCUT2D eigenvalue weighted by molar-refractivity contribution is 0.0529. The van der Waals surface area contributed by atoms with Crippen molar-refractivity contribution in [1.29, 1.82) is 0 Å². The van der Waals surface area contributed by atoms with Crippen molar-refractivity contribution in [3.8, 4) is 23.0 Å². The molecule has 0 heterocycles. The first-order valence-corrected chi connectivity index (χ1v) is 15.4. The van der Waals surface area contributed by atoms with Crippen LogP contribution >= 0.6 is 11.8 Å². The van der Waals surface area contributed by atoms with Crippen LogP contribution in [-0.4, -0.2) is 57.2 Å². The maximum Gasteiger partial charge on any atom is 0.262 e. The molecule has 0 aliphatic carbocycles. The minimum atomic E-state index is -4.16. The molecule has 4 aromatic carbocycles. The molecule has 42 heavy (non-hydrogen) atoms. The van der Waals surface area contributed by atoms with Crippen molar-refractivity contribution in [2.45, 2.75) is 15.9 Å². The molecular weight excluding hydrogens is 580 g/mol. The van der Waals surface area contributed by atoms with E-state index in [9.17, 15) is 23.4 Å². The topological polar surface area (TPSA) is 143 Å². The quantitative estimate of drug-likeness (QED) is 0.154. The maximum atomic E-state index is 13.5. The highest BCUT2D eigenvalue weighted by atomic mass is 32.2. The number of anilines is 2. The number of ether oxygens (including phenoxy) is 3. The van der Waals surface area contributed by atoms with Gasteiger partial charge >= 0.3 is 0 Å². The van der Waals surface area contributed by atoms with Gasteiger partial charge in [-0.25, -0.2) is 8.42 Å². The molecule has 1 atom stereocenters. The second-order valence-corrected chi connectivity index (χ2v) is 11.4. The Balaban J connectivity index is 1.83. The molecule has 10 nitrogen and oxygen atoms in total. The summed E-state index contributed by atoms with van der Waals surface area (Å²) >= 11 is 1.47. The van der Waals surface area contributed by atoms with Gasteiger partial charge in [0.1, 0.15) is 24.2 Å². The number of aliphatic hydroxyl groups is 2. The summed E-state index contributed by atoms with van der Waals surface area (Å²) in [5.41, 5.74) is 0.468. The van der Waals surface area contributed by atoms with Crippen LogP contribution in [0.2, 0.25) is 0 Å². The van der Waals surface area contributed by atoms with Gasteiger partial charge in [0.2, 0.25) is 0 Å². The van der Waals surface area contributed by atoms with Gasteiger partial charge in [-0.2, -0.15) is 0 Å². The minimum Gasteiger partial charge on any atom is -0.497 e. The van der Waals surface area contributed by atoms with E-state index in [0.717, 1.165) is 4.90 Å². The molecule has 12 heteroatoms. The number of nitrogens with one attached hydrogen (secondary N) is 2. The third-order valence-corrected chi connectivity index (χ3v) is 7.99. The zero-order valence-electron chi connectivity index (χ0n) is 22.8. The molecule has 0 radical (unpaired) electrons. The molecule has 1 unspecified atom stereocenters. The van der Waals surface area contributed by atoms with Gasteiger partial charge in [-0.1, -0.05) is 24.3 Å². The van der Waals surface area contributed by atoms with Gasteiger partial charge < -0.3 is 29.7 Å². The fourth-order valence-corrected chi connectivity index (χ4v) is 5.19. The Bertz CT molecular complexity index is 1610. The van der Waals surface area contributed by atoms with Crippen LogP contribution in [0.25, 0.3) is 0 Å². The molecule has 4 N–H and O–H groups in total. The monoisotopic (exact) mass is 610 g/mol. The number of benzene rings is 4. The molecule has 220 valence electrons. The van der Waals surface area contributed by atoms with Crippen molar-refractivity contribution in [3.63, 3.8) is 0 Å². The normalized spacial score (nSPS) is 11.8. The van der Waals surface area contributed by atoms with Gasteiger partial charge in [-0.05, 0) is 66.9 Å². The van der Waals surface area contributed by atoms with Crippen LogP contribution in [0, 0.1) is 0 Å². The van der Waals surface area contributed by atoms with E-state index in [0.29, 0.717) is 11.4 Å². The van der Waals surface area contributed by atoms with Crippen molar-refractivity contribution in [1.82, 2.24) is 0 Å². The smallest absolute Gasteiger partial charge is 0.262 e. The summed E-state index contributed by atoms with van der Waals surface area (Å²) in [5.74, 6) is 0.0931. The Morgan fingerprint density at radius 3 is 2.33 bits per heavy atom. The van der Waals surface area contributed by atoms with Crippen LogP contribution < -0.4 is 24.2 Å². The Hall–Kier alpha value is -4.23. The summed E-state index contributed by atoms with van der Waals surface area (Å²) in [6, 6.07) is 24.3. The van der Waals surface area contributed by atoms with Crippen LogP contribution in [0.1, 0.15) is 10.4 Å². The second-order valence-electron chi connectivity index (χ2n) is 8.88. The van der Waals surface area contributed by atoms with Gasteiger partial charge in [0, 0.05) is 22.2 Å². The van der Waals surface area contributed by atoms with Gasteiger partial charge in [0.15, 0.2) is 11.5 Å². The molecule has 4 rings (SSSR count). The Morgan fingerprint density at radius 1 is 0.952 bits per heavy atom. The highest BCUT2D eigenvalue weighted by Gasteiger charge is 2.24. The predicted molar refractivity (Wildman–Crippen MR) is 162 cm³/mol. The van der Waals surface area contributed by atoms with Crippen molar-refractivity contribution in [2.75, 3.05) is 36.6 Å². The van der Waals surface area contributed by atoms with Gasteiger partial charge in [-0.3, -0.25) is 9.52 Å². The number of sulfonamides is 1. The maximum absolute atomic E-state index is 13.5. The molecular formula is C30H30N2O8S2. The van der Waals surface area contributed by atoms with E-state index in [1.165, 1.54) is 43.1 Å². The average molecular weight is 611 g/mol. The van der Waals surface area contributed by atoms with E-state index >= 15 is 0 Å². The summed E-state index contributed by atoms with van der Waals surface area (Å²) in [5, 5.41) is 22.0. The van der Waals surface area contributed by atoms with E-state index in [1.807, 2.05) is 6.26 Å². The molecule has 0 saturated carbocycles. The molecule has 0 aliphatic heterocycles. The molecule has 0 spiro atoms. The van der Waals surface area contributed by atoms with E-state index in [1.54, 1.807) is 66.7 Å². The van der Waals surface area contributed by atoms with Crippen molar-refractivity contribution < 1.29 is 37.6 Å². The number of thioether (sulfide) groups is 1.